The number of anilines is 1. The van der Waals surface area contributed by atoms with Gasteiger partial charge in [-0.25, -0.2) is 0 Å². The molecule has 70 valence electrons. The highest BCUT2D eigenvalue weighted by Gasteiger charge is 2.22. The van der Waals surface area contributed by atoms with Crippen molar-refractivity contribution in [3.05, 3.63) is 6.20 Å². The first-order valence-electron chi connectivity index (χ1n) is 4.44. The molecule has 1 fully saturated rings. The minimum absolute atomic E-state index is 0.102. The minimum Gasteiger partial charge on any atom is -0.308 e. The van der Waals surface area contributed by atoms with E-state index in [-0.39, 0.29) is 11.8 Å². The summed E-state index contributed by atoms with van der Waals surface area (Å²) >= 11 is 1.11. The summed E-state index contributed by atoms with van der Waals surface area (Å²) in [6.07, 6.45) is 5.96. The molecule has 1 N–H and O–H groups in total. The maximum absolute atomic E-state index is 11.5. The standard InChI is InChI=1S/C8H11N3OS/c12-8(6-3-1-2-4-6)10-7-5-9-13-11-7/h5-6H,1-4H2,(H,10,11,12). The van der Waals surface area contributed by atoms with Crippen molar-refractivity contribution in [2.75, 3.05) is 5.32 Å². The van der Waals surface area contributed by atoms with E-state index in [0.29, 0.717) is 5.82 Å². The van der Waals surface area contributed by atoms with Gasteiger partial charge in [0.2, 0.25) is 5.91 Å². The molecule has 0 unspecified atom stereocenters. The largest absolute Gasteiger partial charge is 0.308 e. The SMILES string of the molecule is O=C(Nc1cnsn1)C1CCCC1. The zero-order valence-corrected chi connectivity index (χ0v) is 8.01. The monoisotopic (exact) mass is 197 g/mol. The van der Waals surface area contributed by atoms with Crippen LogP contribution in [0.5, 0.6) is 0 Å². The molecule has 5 heteroatoms. The van der Waals surface area contributed by atoms with Crippen LogP contribution < -0.4 is 5.32 Å². The van der Waals surface area contributed by atoms with Crippen molar-refractivity contribution < 1.29 is 4.79 Å². The van der Waals surface area contributed by atoms with Gasteiger partial charge < -0.3 is 5.32 Å². The van der Waals surface area contributed by atoms with Gasteiger partial charge in [0.15, 0.2) is 5.82 Å². The number of carbonyl (C=O) groups excluding carboxylic acids is 1. The summed E-state index contributed by atoms with van der Waals surface area (Å²) in [5.74, 6) is 0.883. The van der Waals surface area contributed by atoms with Crippen LogP contribution in [0.1, 0.15) is 25.7 Å². The first-order chi connectivity index (χ1) is 6.36. The molecule has 0 aromatic carbocycles. The fourth-order valence-corrected chi connectivity index (χ4v) is 2.01. The number of rotatable bonds is 2. The molecule has 1 aromatic rings. The van der Waals surface area contributed by atoms with Crippen LogP contribution in [0.3, 0.4) is 0 Å². The van der Waals surface area contributed by atoms with E-state index in [4.69, 9.17) is 0 Å². The van der Waals surface area contributed by atoms with Crippen LogP contribution in [0.4, 0.5) is 5.82 Å². The van der Waals surface area contributed by atoms with Crippen LogP contribution in [0, 0.1) is 5.92 Å². The van der Waals surface area contributed by atoms with Gasteiger partial charge in [0.1, 0.15) is 0 Å². The van der Waals surface area contributed by atoms with E-state index >= 15 is 0 Å². The Morgan fingerprint density at radius 3 is 2.92 bits per heavy atom. The van der Waals surface area contributed by atoms with E-state index in [9.17, 15) is 4.79 Å². The van der Waals surface area contributed by atoms with Gasteiger partial charge in [-0.15, -0.1) is 0 Å². The highest BCUT2D eigenvalue weighted by atomic mass is 32.1. The number of hydrogen-bond donors (Lipinski definition) is 1. The Kier molecular flexibility index (Phi) is 2.54. The molecule has 0 atom stereocenters. The quantitative estimate of drug-likeness (QED) is 0.784. The van der Waals surface area contributed by atoms with Gasteiger partial charge in [-0.1, -0.05) is 12.8 Å². The molecule has 1 heterocycles. The molecule has 0 radical (unpaired) electrons. The van der Waals surface area contributed by atoms with Crippen molar-refractivity contribution in [2.24, 2.45) is 5.92 Å². The second-order valence-corrected chi connectivity index (χ2v) is 3.82. The van der Waals surface area contributed by atoms with Gasteiger partial charge in [-0.05, 0) is 12.8 Å². The Hall–Kier alpha value is -0.970. The number of aromatic nitrogens is 2. The van der Waals surface area contributed by atoms with E-state index < -0.39 is 0 Å². The second kappa shape index (κ2) is 3.83. The second-order valence-electron chi connectivity index (χ2n) is 3.26. The molecule has 1 saturated carbocycles. The average Bonchev–Trinajstić information content (AvgIpc) is 2.74. The smallest absolute Gasteiger partial charge is 0.228 e. The number of nitrogens with zero attached hydrogens (tertiary/aromatic N) is 2. The van der Waals surface area contributed by atoms with Gasteiger partial charge in [0.05, 0.1) is 17.9 Å². The topological polar surface area (TPSA) is 54.9 Å². The fourth-order valence-electron chi connectivity index (χ4n) is 1.64. The molecule has 1 aliphatic rings. The van der Waals surface area contributed by atoms with Gasteiger partial charge in [0, 0.05) is 5.92 Å². The summed E-state index contributed by atoms with van der Waals surface area (Å²) in [4.78, 5) is 11.5. The predicted octanol–water partition coefficient (Wildman–Crippen LogP) is 1.67. The molecule has 0 bridgehead atoms. The Morgan fingerprint density at radius 2 is 2.31 bits per heavy atom. The van der Waals surface area contributed by atoms with E-state index in [1.54, 1.807) is 6.20 Å². The first-order valence-corrected chi connectivity index (χ1v) is 5.18. The van der Waals surface area contributed by atoms with Crippen LogP contribution in [0.15, 0.2) is 6.20 Å². The Morgan fingerprint density at radius 1 is 1.54 bits per heavy atom. The Balaban J connectivity index is 1.91. The van der Waals surface area contributed by atoms with Crippen LogP contribution in [-0.2, 0) is 4.79 Å². The normalized spacial score (nSPS) is 17.5. The highest BCUT2D eigenvalue weighted by molar-refractivity contribution is 6.99. The number of hydrogen-bond acceptors (Lipinski definition) is 4. The van der Waals surface area contributed by atoms with Crippen molar-refractivity contribution in [3.63, 3.8) is 0 Å². The molecule has 13 heavy (non-hydrogen) atoms. The van der Waals surface area contributed by atoms with Crippen LogP contribution in [-0.4, -0.2) is 14.7 Å². The third-order valence-electron chi connectivity index (χ3n) is 2.34. The van der Waals surface area contributed by atoms with Crippen molar-refractivity contribution in [3.8, 4) is 0 Å². The van der Waals surface area contributed by atoms with Gasteiger partial charge >= 0.3 is 0 Å². The van der Waals surface area contributed by atoms with E-state index in [1.165, 1.54) is 12.8 Å². The minimum atomic E-state index is 0.102. The van der Waals surface area contributed by atoms with Crippen molar-refractivity contribution in [1.29, 1.82) is 0 Å². The van der Waals surface area contributed by atoms with E-state index in [2.05, 4.69) is 14.1 Å². The van der Waals surface area contributed by atoms with Gasteiger partial charge in [-0.3, -0.25) is 4.79 Å². The molecule has 4 nitrogen and oxygen atoms in total. The maximum Gasteiger partial charge on any atom is 0.228 e. The third kappa shape index (κ3) is 2.03. The lowest BCUT2D eigenvalue weighted by Crippen LogP contribution is -2.20. The predicted molar refractivity (Wildman–Crippen MR) is 50.5 cm³/mol. The summed E-state index contributed by atoms with van der Waals surface area (Å²) < 4.78 is 7.74. The fraction of sp³-hybridized carbons (Fsp3) is 0.625. The summed E-state index contributed by atoms with van der Waals surface area (Å²) in [5, 5.41) is 2.76. The van der Waals surface area contributed by atoms with Crippen molar-refractivity contribution >= 4 is 23.5 Å². The van der Waals surface area contributed by atoms with Crippen molar-refractivity contribution in [1.82, 2.24) is 8.75 Å². The average molecular weight is 197 g/mol. The number of carbonyl (C=O) groups is 1. The maximum atomic E-state index is 11.5. The van der Waals surface area contributed by atoms with Crippen LogP contribution in [0.25, 0.3) is 0 Å². The molecule has 2 rings (SSSR count). The molecular weight excluding hydrogens is 186 g/mol. The van der Waals surface area contributed by atoms with E-state index in [0.717, 1.165) is 24.6 Å². The zero-order valence-electron chi connectivity index (χ0n) is 7.19. The molecule has 0 aliphatic heterocycles. The summed E-state index contributed by atoms with van der Waals surface area (Å²) in [6, 6.07) is 0. The summed E-state index contributed by atoms with van der Waals surface area (Å²) in [5.41, 5.74) is 0. The lowest BCUT2D eigenvalue weighted by molar-refractivity contribution is -0.119. The van der Waals surface area contributed by atoms with Gasteiger partial charge in [0.25, 0.3) is 0 Å². The molecule has 1 aliphatic carbocycles. The van der Waals surface area contributed by atoms with Crippen LogP contribution >= 0.6 is 11.7 Å². The molecule has 1 aromatic heterocycles. The number of nitrogens with one attached hydrogen (secondary N) is 1. The molecule has 0 spiro atoms. The molecular formula is C8H11N3OS. The molecule has 1 amide bonds. The lowest BCUT2D eigenvalue weighted by Gasteiger charge is -2.06. The first kappa shape index (κ1) is 8.62. The lowest BCUT2D eigenvalue weighted by atomic mass is 10.1. The third-order valence-corrected chi connectivity index (χ3v) is 2.82. The number of amides is 1. The summed E-state index contributed by atoms with van der Waals surface area (Å²) in [7, 11) is 0. The highest BCUT2D eigenvalue weighted by Crippen LogP contribution is 2.25. The van der Waals surface area contributed by atoms with E-state index in [1.807, 2.05) is 0 Å². The Labute approximate surface area is 80.7 Å². The van der Waals surface area contributed by atoms with Gasteiger partial charge in [-0.2, -0.15) is 8.75 Å². The zero-order chi connectivity index (χ0) is 9.10. The van der Waals surface area contributed by atoms with Crippen molar-refractivity contribution in [2.45, 2.75) is 25.7 Å². The molecule has 0 saturated heterocycles. The Bertz CT molecular complexity index is 280. The van der Waals surface area contributed by atoms with Crippen LogP contribution in [0.2, 0.25) is 0 Å². The summed E-state index contributed by atoms with van der Waals surface area (Å²) in [6.45, 7) is 0.